The zero-order valence-corrected chi connectivity index (χ0v) is 18.7. The third-order valence-electron chi connectivity index (χ3n) is 5.82. The molecule has 2 saturated heterocycles. The van der Waals surface area contributed by atoms with Gasteiger partial charge in [0, 0.05) is 38.6 Å². The highest BCUT2D eigenvalue weighted by atomic mass is 32.2. The van der Waals surface area contributed by atoms with Crippen molar-refractivity contribution >= 4 is 21.7 Å². The predicted molar refractivity (Wildman–Crippen MR) is 114 cm³/mol. The van der Waals surface area contributed by atoms with E-state index in [1.165, 1.54) is 0 Å². The topological polar surface area (TPSA) is 87.2 Å². The average molecular weight is 438 g/mol. The minimum atomic E-state index is -3.10. The molecule has 2 amide bonds. The highest BCUT2D eigenvalue weighted by Gasteiger charge is 2.41. The summed E-state index contributed by atoms with van der Waals surface area (Å²) in [5.74, 6) is 0.308. The Hall–Kier alpha value is -2.13. The van der Waals surface area contributed by atoms with Gasteiger partial charge in [0.1, 0.15) is 5.75 Å². The molecule has 1 aromatic carbocycles. The second-order valence-electron chi connectivity index (χ2n) is 8.42. The van der Waals surface area contributed by atoms with E-state index in [1.807, 2.05) is 43.3 Å². The lowest BCUT2D eigenvalue weighted by Gasteiger charge is -2.31. The maximum absolute atomic E-state index is 13.3. The molecule has 30 heavy (non-hydrogen) atoms. The molecule has 2 aliphatic rings. The normalized spacial score (nSPS) is 23.2. The Bertz CT molecular complexity index is 869. The molecule has 2 atom stereocenters. The SMILES string of the molecule is COc1ccc(CN2CC(C(=O)N(CCN(C)C)C3CCS(=O)(=O)C3)CC2=O)cc1. The quantitative estimate of drug-likeness (QED) is 0.593. The summed E-state index contributed by atoms with van der Waals surface area (Å²) < 4.78 is 29.1. The fourth-order valence-electron chi connectivity index (χ4n) is 4.08. The average Bonchev–Trinajstić information content (AvgIpc) is 3.24. The number of amides is 2. The number of benzene rings is 1. The molecule has 2 aliphatic heterocycles. The molecule has 0 N–H and O–H groups in total. The molecule has 2 fully saturated rings. The van der Waals surface area contributed by atoms with Gasteiger partial charge in [-0.3, -0.25) is 9.59 Å². The number of likely N-dealkylation sites (tertiary alicyclic amines) is 1. The molecule has 3 rings (SSSR count). The minimum Gasteiger partial charge on any atom is -0.497 e. The van der Waals surface area contributed by atoms with Crippen LogP contribution in [0.5, 0.6) is 5.75 Å². The molecule has 0 radical (unpaired) electrons. The highest BCUT2D eigenvalue weighted by molar-refractivity contribution is 7.91. The smallest absolute Gasteiger partial charge is 0.228 e. The number of nitrogens with zero attached hydrogens (tertiary/aromatic N) is 3. The molecule has 0 spiro atoms. The third-order valence-corrected chi connectivity index (χ3v) is 7.57. The predicted octanol–water partition coefficient (Wildman–Crippen LogP) is 0.621. The van der Waals surface area contributed by atoms with Crippen molar-refractivity contribution < 1.29 is 22.7 Å². The van der Waals surface area contributed by atoms with Crippen LogP contribution in [0.2, 0.25) is 0 Å². The first-order valence-electron chi connectivity index (χ1n) is 10.2. The van der Waals surface area contributed by atoms with E-state index < -0.39 is 15.8 Å². The molecular weight excluding hydrogens is 406 g/mol. The van der Waals surface area contributed by atoms with Crippen molar-refractivity contribution in [3.63, 3.8) is 0 Å². The molecule has 2 heterocycles. The number of ether oxygens (including phenoxy) is 1. The number of likely N-dealkylation sites (N-methyl/N-ethyl adjacent to an activating group) is 1. The maximum atomic E-state index is 13.3. The van der Waals surface area contributed by atoms with Gasteiger partial charge in [-0.1, -0.05) is 12.1 Å². The lowest BCUT2D eigenvalue weighted by Crippen LogP contribution is -2.47. The summed E-state index contributed by atoms with van der Waals surface area (Å²) in [6.07, 6.45) is 0.644. The Labute approximate surface area is 178 Å². The number of carbonyl (C=O) groups is 2. The largest absolute Gasteiger partial charge is 0.497 e. The molecule has 0 bridgehead atoms. The number of hydrogen-bond donors (Lipinski definition) is 0. The van der Waals surface area contributed by atoms with Crippen LogP contribution in [0.3, 0.4) is 0 Å². The summed E-state index contributed by atoms with van der Waals surface area (Å²) >= 11 is 0. The summed E-state index contributed by atoms with van der Waals surface area (Å²) in [4.78, 5) is 31.2. The van der Waals surface area contributed by atoms with Crippen molar-refractivity contribution in [2.45, 2.75) is 25.4 Å². The molecule has 0 aliphatic carbocycles. The highest BCUT2D eigenvalue weighted by Crippen LogP contribution is 2.26. The minimum absolute atomic E-state index is 0.0163. The van der Waals surface area contributed by atoms with Crippen molar-refractivity contribution in [3.05, 3.63) is 29.8 Å². The van der Waals surface area contributed by atoms with Gasteiger partial charge in [0.2, 0.25) is 11.8 Å². The lowest BCUT2D eigenvalue weighted by atomic mass is 10.1. The van der Waals surface area contributed by atoms with Crippen molar-refractivity contribution in [2.24, 2.45) is 5.92 Å². The molecule has 1 aromatic rings. The zero-order valence-electron chi connectivity index (χ0n) is 17.9. The van der Waals surface area contributed by atoms with Crippen LogP contribution < -0.4 is 4.74 Å². The Morgan fingerprint density at radius 1 is 1.20 bits per heavy atom. The van der Waals surface area contributed by atoms with Crippen molar-refractivity contribution in [1.82, 2.24) is 14.7 Å². The van der Waals surface area contributed by atoms with Crippen LogP contribution >= 0.6 is 0 Å². The second-order valence-corrected chi connectivity index (χ2v) is 10.6. The van der Waals surface area contributed by atoms with Crippen LogP contribution in [0.1, 0.15) is 18.4 Å². The third kappa shape index (κ3) is 5.51. The van der Waals surface area contributed by atoms with Gasteiger partial charge in [-0.05, 0) is 38.2 Å². The molecular formula is C21H31N3O5S. The summed E-state index contributed by atoms with van der Waals surface area (Å²) in [6.45, 7) is 1.93. The second kappa shape index (κ2) is 9.34. The van der Waals surface area contributed by atoms with E-state index in [0.29, 0.717) is 32.6 Å². The van der Waals surface area contributed by atoms with Gasteiger partial charge in [-0.15, -0.1) is 0 Å². The Kier molecular flexibility index (Phi) is 7.02. The van der Waals surface area contributed by atoms with Crippen molar-refractivity contribution in [1.29, 1.82) is 0 Å². The fourth-order valence-corrected chi connectivity index (χ4v) is 5.81. The van der Waals surface area contributed by atoms with Gasteiger partial charge in [0.05, 0.1) is 24.5 Å². The van der Waals surface area contributed by atoms with E-state index in [2.05, 4.69) is 0 Å². The summed E-state index contributed by atoms with van der Waals surface area (Å²) in [5, 5.41) is 0. The van der Waals surface area contributed by atoms with E-state index in [4.69, 9.17) is 4.74 Å². The molecule has 8 nitrogen and oxygen atoms in total. The summed E-state index contributed by atoms with van der Waals surface area (Å²) in [5.41, 5.74) is 0.976. The van der Waals surface area contributed by atoms with Gasteiger partial charge in [0.15, 0.2) is 9.84 Å². The lowest BCUT2D eigenvalue weighted by molar-refractivity contribution is -0.137. The van der Waals surface area contributed by atoms with E-state index in [-0.39, 0.29) is 35.8 Å². The van der Waals surface area contributed by atoms with E-state index >= 15 is 0 Å². The maximum Gasteiger partial charge on any atom is 0.228 e. The number of carbonyl (C=O) groups excluding carboxylic acids is 2. The molecule has 166 valence electrons. The molecule has 0 aromatic heterocycles. The van der Waals surface area contributed by atoms with Gasteiger partial charge in [0.25, 0.3) is 0 Å². The van der Waals surface area contributed by atoms with Gasteiger partial charge < -0.3 is 19.4 Å². The monoisotopic (exact) mass is 437 g/mol. The van der Waals surface area contributed by atoms with Gasteiger partial charge in [-0.25, -0.2) is 8.42 Å². The molecule has 2 unspecified atom stereocenters. The summed E-state index contributed by atoms with van der Waals surface area (Å²) in [7, 11) is 2.35. The van der Waals surface area contributed by atoms with E-state index in [9.17, 15) is 18.0 Å². The van der Waals surface area contributed by atoms with Crippen LogP contribution in [0.25, 0.3) is 0 Å². The van der Waals surface area contributed by atoms with Crippen LogP contribution in [0.15, 0.2) is 24.3 Å². The first-order chi connectivity index (χ1) is 14.2. The van der Waals surface area contributed by atoms with Crippen LogP contribution in [-0.4, -0.2) is 93.3 Å². The van der Waals surface area contributed by atoms with E-state index in [0.717, 1.165) is 11.3 Å². The Morgan fingerprint density at radius 2 is 1.90 bits per heavy atom. The zero-order chi connectivity index (χ0) is 21.9. The first kappa shape index (κ1) is 22.6. The van der Waals surface area contributed by atoms with Crippen molar-refractivity contribution in [3.8, 4) is 5.75 Å². The Balaban J connectivity index is 1.67. The standard InChI is InChI=1S/C21H31N3O5S/c1-22(2)9-10-24(18-8-11-30(27,28)15-18)21(26)17-12-20(25)23(14-17)13-16-4-6-19(29-3)7-5-16/h4-7,17-18H,8-15H2,1-3H3. The number of sulfone groups is 1. The fraction of sp³-hybridized carbons (Fsp3) is 0.619. The van der Waals surface area contributed by atoms with Crippen molar-refractivity contribution in [2.75, 3.05) is 52.3 Å². The van der Waals surface area contributed by atoms with Crippen LogP contribution in [0, 0.1) is 5.92 Å². The van der Waals surface area contributed by atoms with Crippen LogP contribution in [0.4, 0.5) is 0 Å². The molecule has 9 heteroatoms. The number of hydrogen-bond acceptors (Lipinski definition) is 6. The van der Waals surface area contributed by atoms with Crippen LogP contribution in [-0.2, 0) is 26.0 Å². The number of rotatable bonds is 8. The summed E-state index contributed by atoms with van der Waals surface area (Å²) in [6, 6.07) is 7.22. The Morgan fingerprint density at radius 3 is 2.47 bits per heavy atom. The first-order valence-corrected chi connectivity index (χ1v) is 12.1. The van der Waals surface area contributed by atoms with E-state index in [1.54, 1.807) is 16.9 Å². The number of methoxy groups -OCH3 is 1. The van der Waals surface area contributed by atoms with Gasteiger partial charge in [-0.2, -0.15) is 0 Å². The molecule has 0 saturated carbocycles. The van der Waals surface area contributed by atoms with Gasteiger partial charge >= 0.3 is 0 Å².